The lowest BCUT2D eigenvalue weighted by atomic mass is 10.1. The molecular weight excluding hydrogens is 395 g/mol. The number of nitrogens with two attached hydrogens (primary N) is 1. The van der Waals surface area contributed by atoms with Crippen molar-refractivity contribution in [1.82, 2.24) is 0 Å². The van der Waals surface area contributed by atoms with E-state index in [0.717, 1.165) is 12.1 Å². The lowest BCUT2D eigenvalue weighted by Crippen LogP contribution is -2.89. The fourth-order valence-corrected chi connectivity index (χ4v) is 2.82. The van der Waals surface area contributed by atoms with Crippen LogP contribution in [0.15, 0.2) is 72.8 Å². The van der Waals surface area contributed by atoms with Gasteiger partial charge in [0.2, 0.25) is 0 Å². The molecule has 0 fully saturated rings. The summed E-state index contributed by atoms with van der Waals surface area (Å²) in [5.41, 5.74) is 1.19. The number of carbonyl (C=O) groups is 2. The van der Waals surface area contributed by atoms with E-state index in [1.165, 1.54) is 35.6 Å². The smallest absolute Gasteiger partial charge is 0.287 e. The minimum absolute atomic E-state index is 0.110. The molecule has 0 heterocycles. The average Bonchev–Trinajstić information content (AvgIpc) is 2.73. The van der Waals surface area contributed by atoms with Crippen LogP contribution in [0.2, 0.25) is 0 Å². The Morgan fingerprint density at radius 2 is 1.47 bits per heavy atom. The first-order valence-corrected chi connectivity index (χ1v) is 9.12. The lowest BCUT2D eigenvalue weighted by Gasteiger charge is -2.16. The molecule has 1 atom stereocenters. The zero-order valence-electron chi connectivity index (χ0n) is 15.7. The Hall–Kier alpha value is -3.65. The summed E-state index contributed by atoms with van der Waals surface area (Å²) in [6, 6.07) is 16.4. The molecule has 0 aromatic heterocycles. The van der Waals surface area contributed by atoms with Gasteiger partial charge in [0, 0.05) is 23.0 Å². The molecule has 0 aliphatic heterocycles. The molecule has 30 heavy (non-hydrogen) atoms. The SMILES string of the molecule is O=C(C[NH2+][C@@H](C(=O)Nc1ccc(F)cc1)c1ccccc1)Nc1ccc(F)c(F)c1. The van der Waals surface area contributed by atoms with Crippen LogP contribution in [-0.4, -0.2) is 18.4 Å². The molecule has 0 unspecified atom stereocenters. The number of quaternary nitrogens is 1. The maximum Gasteiger partial charge on any atom is 0.287 e. The van der Waals surface area contributed by atoms with Crippen molar-refractivity contribution in [3.05, 3.63) is 95.8 Å². The van der Waals surface area contributed by atoms with E-state index in [4.69, 9.17) is 0 Å². The summed E-state index contributed by atoms with van der Waals surface area (Å²) in [7, 11) is 0. The number of amides is 2. The first-order chi connectivity index (χ1) is 14.4. The third kappa shape index (κ3) is 5.68. The van der Waals surface area contributed by atoms with Crippen LogP contribution in [0.25, 0.3) is 0 Å². The van der Waals surface area contributed by atoms with Crippen LogP contribution in [0.4, 0.5) is 24.5 Å². The van der Waals surface area contributed by atoms with Gasteiger partial charge in [0.15, 0.2) is 24.2 Å². The van der Waals surface area contributed by atoms with Crippen LogP contribution < -0.4 is 16.0 Å². The zero-order valence-corrected chi connectivity index (χ0v) is 15.7. The number of anilines is 2. The van der Waals surface area contributed by atoms with Gasteiger partial charge in [0.1, 0.15) is 5.82 Å². The first kappa shape index (κ1) is 21.1. The average molecular weight is 414 g/mol. The van der Waals surface area contributed by atoms with Crippen LogP contribution in [0.3, 0.4) is 0 Å². The van der Waals surface area contributed by atoms with Gasteiger partial charge in [0.05, 0.1) is 0 Å². The summed E-state index contributed by atoms with van der Waals surface area (Å²) in [5.74, 6) is -3.39. The maximum atomic E-state index is 13.3. The molecule has 0 spiro atoms. The number of nitrogens with one attached hydrogen (secondary N) is 2. The van der Waals surface area contributed by atoms with E-state index in [-0.39, 0.29) is 12.2 Å². The summed E-state index contributed by atoms with van der Waals surface area (Å²) in [6.45, 7) is -0.143. The number of carbonyl (C=O) groups excluding carboxylic acids is 2. The van der Waals surface area contributed by atoms with Crippen molar-refractivity contribution in [1.29, 1.82) is 0 Å². The number of hydrogen-bond donors (Lipinski definition) is 3. The highest BCUT2D eigenvalue weighted by molar-refractivity contribution is 5.95. The van der Waals surface area contributed by atoms with Crippen molar-refractivity contribution in [2.24, 2.45) is 0 Å². The van der Waals surface area contributed by atoms with Gasteiger partial charge in [-0.2, -0.15) is 0 Å². The number of hydrogen-bond acceptors (Lipinski definition) is 2. The van der Waals surface area contributed by atoms with Gasteiger partial charge >= 0.3 is 0 Å². The van der Waals surface area contributed by atoms with Crippen molar-refractivity contribution >= 4 is 23.2 Å². The molecule has 3 rings (SSSR count). The Bertz CT molecular complexity index is 1030. The minimum Gasteiger partial charge on any atom is -0.324 e. The fraction of sp³-hybridized carbons (Fsp3) is 0.0909. The molecule has 4 N–H and O–H groups in total. The quantitative estimate of drug-likeness (QED) is 0.556. The Morgan fingerprint density at radius 1 is 0.800 bits per heavy atom. The van der Waals surface area contributed by atoms with Crippen molar-refractivity contribution in [2.45, 2.75) is 6.04 Å². The molecule has 0 radical (unpaired) electrons. The van der Waals surface area contributed by atoms with Gasteiger partial charge in [-0.05, 0) is 36.4 Å². The topological polar surface area (TPSA) is 74.8 Å². The molecule has 0 saturated carbocycles. The molecular formula is C22H19F3N3O2+. The predicted molar refractivity (Wildman–Crippen MR) is 106 cm³/mol. The number of rotatable bonds is 7. The largest absolute Gasteiger partial charge is 0.324 e. The van der Waals surface area contributed by atoms with Gasteiger partial charge in [-0.15, -0.1) is 0 Å². The van der Waals surface area contributed by atoms with E-state index in [2.05, 4.69) is 10.6 Å². The van der Waals surface area contributed by atoms with E-state index < -0.39 is 35.3 Å². The van der Waals surface area contributed by atoms with Crippen LogP contribution in [0.1, 0.15) is 11.6 Å². The highest BCUT2D eigenvalue weighted by atomic mass is 19.2. The third-order valence-corrected chi connectivity index (χ3v) is 4.30. The third-order valence-electron chi connectivity index (χ3n) is 4.30. The summed E-state index contributed by atoms with van der Waals surface area (Å²) in [4.78, 5) is 25.0. The zero-order chi connectivity index (χ0) is 21.5. The molecule has 0 aliphatic rings. The van der Waals surface area contributed by atoms with Crippen molar-refractivity contribution in [3.63, 3.8) is 0 Å². The highest BCUT2D eigenvalue weighted by Gasteiger charge is 2.25. The molecule has 2 amide bonds. The Morgan fingerprint density at radius 3 is 2.13 bits per heavy atom. The second-order valence-electron chi connectivity index (χ2n) is 6.50. The van der Waals surface area contributed by atoms with Crippen LogP contribution in [0, 0.1) is 17.5 Å². The summed E-state index contributed by atoms with van der Waals surface area (Å²) < 4.78 is 39.4. The fourth-order valence-electron chi connectivity index (χ4n) is 2.82. The standard InChI is InChI=1S/C22H18F3N3O2/c23-15-6-8-16(9-7-15)28-22(30)21(14-4-2-1-3-5-14)26-13-20(29)27-17-10-11-18(24)19(25)12-17/h1-12,21,26H,13H2,(H,27,29)(H,28,30)/p+1/t21-/m1/s1. The van der Waals surface area contributed by atoms with Crippen molar-refractivity contribution < 1.29 is 28.1 Å². The molecule has 0 saturated heterocycles. The summed E-state index contributed by atoms with van der Waals surface area (Å²) >= 11 is 0. The van der Waals surface area contributed by atoms with Gasteiger partial charge < -0.3 is 16.0 Å². The van der Waals surface area contributed by atoms with E-state index in [1.54, 1.807) is 30.3 Å². The summed E-state index contributed by atoms with van der Waals surface area (Å²) in [5, 5.41) is 6.67. The van der Waals surface area contributed by atoms with Crippen LogP contribution in [0.5, 0.6) is 0 Å². The molecule has 8 heteroatoms. The predicted octanol–water partition coefficient (Wildman–Crippen LogP) is 2.99. The van der Waals surface area contributed by atoms with Crippen molar-refractivity contribution in [2.75, 3.05) is 17.2 Å². The second kappa shape index (κ2) is 9.71. The molecule has 3 aromatic carbocycles. The van der Waals surface area contributed by atoms with E-state index in [0.29, 0.717) is 11.3 Å². The second-order valence-corrected chi connectivity index (χ2v) is 6.50. The molecule has 5 nitrogen and oxygen atoms in total. The van der Waals surface area contributed by atoms with Crippen LogP contribution in [-0.2, 0) is 9.59 Å². The first-order valence-electron chi connectivity index (χ1n) is 9.12. The van der Waals surface area contributed by atoms with Gasteiger partial charge in [-0.25, -0.2) is 13.2 Å². The Labute approximate surface area is 170 Å². The van der Waals surface area contributed by atoms with Crippen LogP contribution >= 0.6 is 0 Å². The molecule has 0 bridgehead atoms. The van der Waals surface area contributed by atoms with E-state index in [1.807, 2.05) is 0 Å². The molecule has 0 aliphatic carbocycles. The monoisotopic (exact) mass is 414 g/mol. The molecule has 154 valence electrons. The Balaban J connectivity index is 1.68. The van der Waals surface area contributed by atoms with Gasteiger partial charge in [-0.3, -0.25) is 9.59 Å². The van der Waals surface area contributed by atoms with Gasteiger partial charge in [-0.1, -0.05) is 30.3 Å². The minimum atomic E-state index is -1.07. The van der Waals surface area contributed by atoms with E-state index in [9.17, 15) is 22.8 Å². The molecule has 3 aromatic rings. The van der Waals surface area contributed by atoms with Gasteiger partial charge in [0.25, 0.3) is 11.8 Å². The Kier molecular flexibility index (Phi) is 6.82. The summed E-state index contributed by atoms with van der Waals surface area (Å²) in [6.07, 6.45) is 0. The van der Waals surface area contributed by atoms with Crippen molar-refractivity contribution in [3.8, 4) is 0 Å². The number of benzene rings is 3. The normalized spacial score (nSPS) is 11.6. The maximum absolute atomic E-state index is 13.3. The van der Waals surface area contributed by atoms with E-state index >= 15 is 0 Å². The number of halogens is 3. The lowest BCUT2D eigenvalue weighted by molar-refractivity contribution is -0.671. The highest BCUT2D eigenvalue weighted by Crippen LogP contribution is 2.15.